The number of carbonyl (C=O) groups is 3. The van der Waals surface area contributed by atoms with Crippen molar-refractivity contribution in [3.63, 3.8) is 0 Å². The summed E-state index contributed by atoms with van der Waals surface area (Å²) in [7, 11) is 0. The summed E-state index contributed by atoms with van der Waals surface area (Å²) in [5.74, 6) is -1.14. The molecule has 1 aliphatic rings. The molecule has 0 radical (unpaired) electrons. The van der Waals surface area contributed by atoms with Gasteiger partial charge in [-0.25, -0.2) is 0 Å². The highest BCUT2D eigenvalue weighted by Crippen LogP contribution is 2.34. The van der Waals surface area contributed by atoms with Crippen LogP contribution >= 0.6 is 11.6 Å². The van der Waals surface area contributed by atoms with Crippen LogP contribution in [0.25, 0.3) is 0 Å². The molecule has 6 nitrogen and oxygen atoms in total. The molecule has 156 valence electrons. The molecule has 7 heteroatoms. The average Bonchev–Trinajstić information content (AvgIpc) is 2.76. The molecule has 0 fully saturated rings. The Bertz CT molecular complexity index is 1140. The molecule has 31 heavy (non-hydrogen) atoms. The maximum absolute atomic E-state index is 13.4. The highest BCUT2D eigenvalue weighted by molar-refractivity contribution is 6.30. The molecule has 4 rings (SSSR count). The molecule has 2 N–H and O–H groups in total. The zero-order valence-corrected chi connectivity index (χ0v) is 17.5. The number of aryl methyl sites for hydroxylation is 1. The van der Waals surface area contributed by atoms with Gasteiger partial charge in [-0.3, -0.25) is 19.3 Å². The van der Waals surface area contributed by atoms with Gasteiger partial charge in [-0.15, -0.1) is 0 Å². The molecular weight excluding hydrogens is 414 g/mol. The third-order valence-corrected chi connectivity index (χ3v) is 5.31. The second kappa shape index (κ2) is 8.62. The van der Waals surface area contributed by atoms with E-state index in [1.54, 1.807) is 60.7 Å². The highest BCUT2D eigenvalue weighted by Gasteiger charge is 2.38. The predicted molar refractivity (Wildman–Crippen MR) is 122 cm³/mol. The Kier molecular flexibility index (Phi) is 5.73. The fourth-order valence-electron chi connectivity index (χ4n) is 3.48. The topological polar surface area (TPSA) is 78.5 Å². The van der Waals surface area contributed by atoms with Crippen molar-refractivity contribution < 1.29 is 14.4 Å². The number of carbonyl (C=O) groups excluding carboxylic acids is 3. The van der Waals surface area contributed by atoms with Crippen LogP contribution in [0, 0.1) is 6.92 Å². The summed E-state index contributed by atoms with van der Waals surface area (Å²) in [6, 6.07) is 19.8. The number of nitrogens with zero attached hydrogens (tertiary/aromatic N) is 1. The Morgan fingerprint density at radius 3 is 2.39 bits per heavy atom. The Balaban J connectivity index is 1.64. The van der Waals surface area contributed by atoms with Crippen LogP contribution in [-0.2, 0) is 9.59 Å². The number of amides is 3. The van der Waals surface area contributed by atoms with Crippen molar-refractivity contribution in [2.24, 2.45) is 0 Å². The first-order chi connectivity index (χ1) is 14.9. The van der Waals surface area contributed by atoms with Crippen LogP contribution in [-0.4, -0.2) is 23.8 Å². The van der Waals surface area contributed by atoms with E-state index < -0.39 is 11.9 Å². The van der Waals surface area contributed by atoms with Gasteiger partial charge in [0.25, 0.3) is 5.91 Å². The molecule has 3 aromatic carbocycles. The van der Waals surface area contributed by atoms with Crippen LogP contribution in [0.3, 0.4) is 0 Å². The van der Waals surface area contributed by atoms with Crippen molar-refractivity contribution in [3.8, 4) is 0 Å². The summed E-state index contributed by atoms with van der Waals surface area (Å²) in [4.78, 5) is 40.4. The largest absolute Gasteiger partial charge is 0.326 e. The van der Waals surface area contributed by atoms with Gasteiger partial charge in [0.2, 0.25) is 11.8 Å². The van der Waals surface area contributed by atoms with E-state index in [4.69, 9.17) is 11.6 Å². The smallest absolute Gasteiger partial charge is 0.259 e. The standard InChI is InChI=1S/C24H20ClN3O3/c1-15-6-8-16(9-7-15)24(31)28-20-5-3-2-4-19(20)27-23(30)21(28)14-22(29)26-18-12-10-17(25)11-13-18/h2-13,21H,14H2,1H3,(H,26,29)(H,27,30). The highest BCUT2D eigenvalue weighted by atomic mass is 35.5. The van der Waals surface area contributed by atoms with E-state index >= 15 is 0 Å². The van der Waals surface area contributed by atoms with E-state index in [0.717, 1.165) is 5.56 Å². The number of benzene rings is 3. The Hall–Kier alpha value is -3.64. The molecule has 1 heterocycles. The second-order valence-electron chi connectivity index (χ2n) is 7.32. The quantitative estimate of drug-likeness (QED) is 0.628. The second-order valence-corrected chi connectivity index (χ2v) is 7.76. The fourth-order valence-corrected chi connectivity index (χ4v) is 3.61. The molecular formula is C24H20ClN3O3. The van der Waals surface area contributed by atoms with Gasteiger partial charge in [0, 0.05) is 16.3 Å². The monoisotopic (exact) mass is 433 g/mol. The van der Waals surface area contributed by atoms with Crippen LogP contribution in [0.2, 0.25) is 5.02 Å². The molecule has 0 aliphatic carbocycles. The average molecular weight is 434 g/mol. The van der Waals surface area contributed by atoms with Crippen LogP contribution < -0.4 is 15.5 Å². The first kappa shape index (κ1) is 20.6. The van der Waals surface area contributed by atoms with Crippen molar-refractivity contribution in [3.05, 3.63) is 88.9 Å². The first-order valence-corrected chi connectivity index (χ1v) is 10.2. The Labute approximate surface area is 184 Å². The van der Waals surface area contributed by atoms with Gasteiger partial charge >= 0.3 is 0 Å². The minimum atomic E-state index is -0.990. The molecule has 0 saturated heterocycles. The van der Waals surface area contributed by atoms with E-state index in [-0.39, 0.29) is 18.2 Å². The number of rotatable bonds is 4. The van der Waals surface area contributed by atoms with Gasteiger partial charge in [-0.05, 0) is 55.5 Å². The normalized spacial score (nSPS) is 15.1. The lowest BCUT2D eigenvalue weighted by Gasteiger charge is -2.36. The summed E-state index contributed by atoms with van der Waals surface area (Å²) < 4.78 is 0. The molecule has 3 amide bonds. The van der Waals surface area contributed by atoms with E-state index in [1.807, 2.05) is 19.1 Å². The van der Waals surface area contributed by atoms with Gasteiger partial charge in [0.05, 0.1) is 17.8 Å². The minimum Gasteiger partial charge on any atom is -0.326 e. The molecule has 1 atom stereocenters. The van der Waals surface area contributed by atoms with Crippen molar-refractivity contribution >= 4 is 46.4 Å². The summed E-state index contributed by atoms with van der Waals surface area (Å²) in [5.41, 5.74) is 3.10. The summed E-state index contributed by atoms with van der Waals surface area (Å²) in [6.45, 7) is 1.93. The predicted octanol–water partition coefficient (Wildman–Crippen LogP) is 4.64. The molecule has 3 aromatic rings. The lowest BCUT2D eigenvalue weighted by molar-refractivity contribution is -0.122. The van der Waals surface area contributed by atoms with Crippen molar-refractivity contribution in [2.45, 2.75) is 19.4 Å². The zero-order valence-electron chi connectivity index (χ0n) is 16.8. The lowest BCUT2D eigenvalue weighted by atomic mass is 10.0. The number of hydrogen-bond donors (Lipinski definition) is 2. The van der Waals surface area contributed by atoms with Gasteiger partial charge in [-0.1, -0.05) is 41.4 Å². The maximum atomic E-state index is 13.4. The van der Waals surface area contributed by atoms with Crippen LogP contribution in [0.5, 0.6) is 0 Å². The molecule has 0 aromatic heterocycles. The zero-order chi connectivity index (χ0) is 22.0. The van der Waals surface area contributed by atoms with E-state index in [2.05, 4.69) is 10.6 Å². The molecule has 0 spiro atoms. The third kappa shape index (κ3) is 4.44. The van der Waals surface area contributed by atoms with E-state index in [9.17, 15) is 14.4 Å². The van der Waals surface area contributed by atoms with Gasteiger partial charge in [0.1, 0.15) is 6.04 Å². The molecule has 0 saturated carbocycles. The molecule has 0 bridgehead atoms. The van der Waals surface area contributed by atoms with Crippen LogP contribution in [0.15, 0.2) is 72.8 Å². The van der Waals surface area contributed by atoms with Crippen molar-refractivity contribution in [2.75, 3.05) is 15.5 Å². The Morgan fingerprint density at radius 2 is 1.68 bits per heavy atom. The number of fused-ring (bicyclic) bond motifs is 1. The molecule has 1 unspecified atom stereocenters. The van der Waals surface area contributed by atoms with E-state index in [1.165, 1.54) is 4.90 Å². The number of anilines is 3. The van der Waals surface area contributed by atoms with Gasteiger partial charge in [-0.2, -0.15) is 0 Å². The van der Waals surface area contributed by atoms with Gasteiger partial charge in [0.15, 0.2) is 0 Å². The van der Waals surface area contributed by atoms with Gasteiger partial charge < -0.3 is 10.6 Å². The first-order valence-electron chi connectivity index (χ1n) is 9.78. The number of nitrogens with one attached hydrogen (secondary N) is 2. The molecule has 1 aliphatic heterocycles. The summed E-state index contributed by atoms with van der Waals surface area (Å²) in [6.07, 6.45) is -0.194. The Morgan fingerprint density at radius 1 is 1.00 bits per heavy atom. The van der Waals surface area contributed by atoms with E-state index in [0.29, 0.717) is 27.6 Å². The van der Waals surface area contributed by atoms with Crippen molar-refractivity contribution in [1.82, 2.24) is 0 Å². The maximum Gasteiger partial charge on any atom is 0.259 e. The van der Waals surface area contributed by atoms with Crippen LogP contribution in [0.1, 0.15) is 22.3 Å². The summed E-state index contributed by atoms with van der Waals surface area (Å²) in [5, 5.41) is 6.11. The lowest BCUT2D eigenvalue weighted by Crippen LogP contribution is -2.52. The fraction of sp³-hybridized carbons (Fsp3) is 0.125. The van der Waals surface area contributed by atoms with Crippen LogP contribution in [0.4, 0.5) is 17.1 Å². The summed E-state index contributed by atoms with van der Waals surface area (Å²) >= 11 is 5.88. The number of halogens is 1. The third-order valence-electron chi connectivity index (χ3n) is 5.06. The minimum absolute atomic E-state index is 0.194. The number of para-hydroxylation sites is 2. The number of hydrogen-bond acceptors (Lipinski definition) is 3. The van der Waals surface area contributed by atoms with Crippen molar-refractivity contribution in [1.29, 1.82) is 0 Å². The SMILES string of the molecule is Cc1ccc(C(=O)N2c3ccccc3NC(=O)C2CC(=O)Nc2ccc(Cl)cc2)cc1.